The largest absolute Gasteiger partial charge is 0.396 e. The Balaban J connectivity index is 1.52. The second-order valence-corrected chi connectivity index (χ2v) is 10.3. The van der Waals surface area contributed by atoms with Crippen LogP contribution in [0.3, 0.4) is 0 Å². The first kappa shape index (κ1) is 23.9. The predicted octanol–water partition coefficient (Wildman–Crippen LogP) is 3.40. The summed E-state index contributed by atoms with van der Waals surface area (Å²) in [4.78, 5) is 21.6. The number of anilines is 1. The zero-order valence-corrected chi connectivity index (χ0v) is 19.8. The van der Waals surface area contributed by atoms with Gasteiger partial charge in [-0.2, -0.15) is 4.55 Å². The number of aliphatic hydroxyl groups excluding tert-OH is 1. The minimum atomic E-state index is -0.741. The molecule has 0 bridgehead atoms. The Labute approximate surface area is 197 Å². The van der Waals surface area contributed by atoms with Crippen LogP contribution >= 0.6 is 0 Å². The number of nitrogens with zero attached hydrogens (tertiary/aromatic N) is 2. The highest BCUT2D eigenvalue weighted by atomic mass is 32.2. The molecule has 1 saturated carbocycles. The number of rotatable bonds is 8. The van der Waals surface area contributed by atoms with Crippen molar-refractivity contribution in [3.8, 4) is 11.4 Å². The Bertz CT molecular complexity index is 927. The first-order valence-corrected chi connectivity index (χ1v) is 13.3. The van der Waals surface area contributed by atoms with Gasteiger partial charge in [0, 0.05) is 49.2 Å². The fourth-order valence-corrected chi connectivity index (χ4v) is 5.25. The van der Waals surface area contributed by atoms with Crippen LogP contribution in [0.5, 0.6) is 0 Å². The third-order valence-corrected chi connectivity index (χ3v) is 6.99. The molecule has 0 radical (unpaired) electrons. The number of aliphatic hydroxyl groups is 1. The zero-order valence-electron chi connectivity index (χ0n) is 19.0. The smallest absolute Gasteiger partial charge is 0.319 e. The number of urea groups is 1. The molecule has 2 heterocycles. The molecule has 178 valence electrons. The molecule has 4 N–H and O–H groups in total. The summed E-state index contributed by atoms with van der Waals surface area (Å²) >= 11 is -0.741. The normalized spacial score (nSPS) is 23.1. The molecule has 1 aromatic carbocycles. The Morgan fingerprint density at radius 3 is 2.73 bits per heavy atom. The number of carbonyl (C=O) groups is 1. The number of aromatic nitrogens is 2. The highest BCUT2D eigenvalue weighted by molar-refractivity contribution is 7.89. The molecule has 2 fully saturated rings. The average molecular weight is 474 g/mol. The van der Waals surface area contributed by atoms with Gasteiger partial charge in [0.15, 0.2) is 11.6 Å². The van der Waals surface area contributed by atoms with Crippen molar-refractivity contribution in [1.82, 2.24) is 15.3 Å². The molecule has 2 aromatic rings. The fourth-order valence-electron chi connectivity index (χ4n) is 4.68. The minimum absolute atomic E-state index is 0.0434. The van der Waals surface area contributed by atoms with E-state index in [1.54, 1.807) is 6.26 Å². The molecule has 1 aliphatic heterocycles. The van der Waals surface area contributed by atoms with E-state index in [4.69, 9.17) is 19.8 Å². The molecule has 2 aliphatic rings. The van der Waals surface area contributed by atoms with Gasteiger partial charge in [-0.3, -0.25) is 0 Å². The molecule has 1 aliphatic carbocycles. The van der Waals surface area contributed by atoms with Crippen molar-refractivity contribution in [2.45, 2.75) is 37.4 Å². The molecule has 4 atom stereocenters. The lowest BCUT2D eigenvalue weighted by molar-refractivity contribution is 0.114. The van der Waals surface area contributed by atoms with Crippen molar-refractivity contribution >= 4 is 22.9 Å². The van der Waals surface area contributed by atoms with Crippen LogP contribution in [0.4, 0.5) is 10.5 Å². The number of hydrogen-bond donors (Lipinski definition) is 4. The van der Waals surface area contributed by atoms with Gasteiger partial charge in [-0.05, 0) is 67.9 Å². The van der Waals surface area contributed by atoms with Gasteiger partial charge in [0.25, 0.3) is 0 Å². The molecule has 2 amide bonds. The van der Waals surface area contributed by atoms with E-state index < -0.39 is 11.2 Å². The lowest BCUT2D eigenvalue weighted by atomic mass is 10.1. The van der Waals surface area contributed by atoms with Crippen molar-refractivity contribution < 1.29 is 19.2 Å². The van der Waals surface area contributed by atoms with E-state index in [1.165, 1.54) is 6.42 Å². The Morgan fingerprint density at radius 2 is 1.97 bits per heavy atom. The summed E-state index contributed by atoms with van der Waals surface area (Å²) in [6.45, 7) is 2.13. The zero-order chi connectivity index (χ0) is 23.2. The molecule has 1 saturated heterocycles. The maximum absolute atomic E-state index is 11.9. The molecular formula is C24H33N4O4S+. The van der Waals surface area contributed by atoms with E-state index in [-0.39, 0.29) is 12.6 Å². The van der Waals surface area contributed by atoms with Gasteiger partial charge in [-0.1, -0.05) is 0 Å². The van der Waals surface area contributed by atoms with Gasteiger partial charge in [0.05, 0.1) is 5.69 Å². The topological polar surface area (TPSA) is 117 Å². The SMILES string of the molecule is C[S+](O)Cc1cc(C2C3CCCOCCC32)nc(-c2ccc(NC(=O)NCCCO)cc2)n1. The fraction of sp³-hybridized carbons (Fsp3) is 0.542. The third-order valence-electron chi connectivity index (χ3n) is 6.27. The second kappa shape index (κ2) is 11.3. The number of amides is 2. The van der Waals surface area contributed by atoms with Crippen LogP contribution in [-0.4, -0.2) is 58.3 Å². The van der Waals surface area contributed by atoms with Crippen LogP contribution in [0.1, 0.15) is 43.0 Å². The summed E-state index contributed by atoms with van der Waals surface area (Å²) in [5.41, 5.74) is 3.48. The highest BCUT2D eigenvalue weighted by Gasteiger charge is 2.51. The van der Waals surface area contributed by atoms with Crippen LogP contribution in [0.2, 0.25) is 0 Å². The van der Waals surface area contributed by atoms with Crippen LogP contribution in [0.15, 0.2) is 30.3 Å². The van der Waals surface area contributed by atoms with Crippen molar-refractivity contribution in [1.29, 1.82) is 0 Å². The second-order valence-electron chi connectivity index (χ2n) is 8.78. The van der Waals surface area contributed by atoms with Crippen molar-refractivity contribution in [2.75, 3.05) is 37.9 Å². The number of fused-ring (bicyclic) bond motifs is 1. The summed E-state index contributed by atoms with van der Waals surface area (Å²) in [7, 11) is 0. The molecule has 1 aromatic heterocycles. The highest BCUT2D eigenvalue weighted by Crippen LogP contribution is 2.58. The lowest BCUT2D eigenvalue weighted by Gasteiger charge is -2.09. The summed E-state index contributed by atoms with van der Waals surface area (Å²) in [5.74, 6) is 2.89. The van der Waals surface area contributed by atoms with Crippen molar-refractivity contribution in [3.05, 3.63) is 41.7 Å². The average Bonchev–Trinajstić information content (AvgIpc) is 3.44. The first-order valence-electron chi connectivity index (χ1n) is 11.6. The molecular weight excluding hydrogens is 440 g/mol. The van der Waals surface area contributed by atoms with Crippen LogP contribution in [0.25, 0.3) is 11.4 Å². The maximum Gasteiger partial charge on any atom is 0.319 e. The van der Waals surface area contributed by atoms with Crippen molar-refractivity contribution in [3.63, 3.8) is 0 Å². The van der Waals surface area contributed by atoms with Gasteiger partial charge in [0.1, 0.15) is 17.4 Å². The molecule has 8 nitrogen and oxygen atoms in total. The summed E-state index contributed by atoms with van der Waals surface area (Å²) in [6.07, 6.45) is 5.66. The molecule has 4 rings (SSSR count). The Kier molecular flexibility index (Phi) is 8.19. The number of carbonyl (C=O) groups excluding carboxylic acids is 1. The number of nitrogens with one attached hydrogen (secondary N) is 2. The molecule has 33 heavy (non-hydrogen) atoms. The first-order chi connectivity index (χ1) is 16.0. The van der Waals surface area contributed by atoms with E-state index in [2.05, 4.69) is 16.7 Å². The predicted molar refractivity (Wildman–Crippen MR) is 130 cm³/mol. The van der Waals surface area contributed by atoms with Gasteiger partial charge < -0.3 is 20.5 Å². The molecule has 0 spiro atoms. The number of benzene rings is 1. The monoisotopic (exact) mass is 473 g/mol. The van der Waals surface area contributed by atoms with Gasteiger partial charge in [0.2, 0.25) is 0 Å². The van der Waals surface area contributed by atoms with Crippen LogP contribution in [-0.2, 0) is 21.7 Å². The van der Waals surface area contributed by atoms with E-state index in [1.807, 2.05) is 24.3 Å². The Hall–Kier alpha value is -2.20. The summed E-state index contributed by atoms with van der Waals surface area (Å²) in [5, 5.41) is 14.3. The van der Waals surface area contributed by atoms with Crippen molar-refractivity contribution in [2.24, 2.45) is 11.8 Å². The number of ether oxygens (including phenoxy) is 1. The number of hydrogen-bond acceptors (Lipinski definition) is 6. The van der Waals surface area contributed by atoms with E-state index in [0.717, 1.165) is 43.0 Å². The maximum atomic E-state index is 11.9. The van der Waals surface area contributed by atoms with Crippen LogP contribution < -0.4 is 10.6 Å². The van der Waals surface area contributed by atoms with E-state index >= 15 is 0 Å². The summed E-state index contributed by atoms with van der Waals surface area (Å²) < 4.78 is 15.7. The van der Waals surface area contributed by atoms with E-state index in [9.17, 15) is 9.35 Å². The minimum Gasteiger partial charge on any atom is -0.396 e. The summed E-state index contributed by atoms with van der Waals surface area (Å²) in [6, 6.07) is 9.24. The lowest BCUT2D eigenvalue weighted by Crippen LogP contribution is -2.29. The molecule has 9 heteroatoms. The third kappa shape index (κ3) is 6.44. The van der Waals surface area contributed by atoms with Gasteiger partial charge in [-0.25, -0.2) is 14.8 Å². The molecule has 4 unspecified atom stereocenters. The quantitative estimate of drug-likeness (QED) is 0.345. The van der Waals surface area contributed by atoms with Gasteiger partial charge in [-0.15, -0.1) is 0 Å². The standard InChI is InChI=1S/C24H32N4O4S/c1-33(31)15-18-14-21(22-19-4-2-12-32-13-9-20(19)22)28-23(26-18)16-5-7-17(8-6-16)27-24(30)25-10-3-11-29/h5-8,14,19-20,22,29,31H,2-4,9-13,15H2,1H3,(H-,25,26,27,28,30)/p+1. The Morgan fingerprint density at radius 1 is 1.18 bits per heavy atom. The van der Waals surface area contributed by atoms with Gasteiger partial charge >= 0.3 is 6.03 Å². The van der Waals surface area contributed by atoms with Crippen LogP contribution in [0, 0.1) is 11.8 Å². The van der Waals surface area contributed by atoms with E-state index in [0.29, 0.717) is 48.0 Å².